The van der Waals surface area contributed by atoms with Gasteiger partial charge in [-0.05, 0) is 13.0 Å². The van der Waals surface area contributed by atoms with Crippen LogP contribution in [0.5, 0.6) is 0 Å². The summed E-state index contributed by atoms with van der Waals surface area (Å²) in [7, 11) is 1.28. The molecule has 2 rings (SSSR count). The Balaban J connectivity index is 2.20. The molecule has 0 saturated heterocycles. The minimum absolute atomic E-state index is 0.00756. The van der Waals surface area contributed by atoms with Crippen molar-refractivity contribution >= 4 is 23.2 Å². The van der Waals surface area contributed by atoms with Gasteiger partial charge in [0.25, 0.3) is 5.91 Å². The lowest BCUT2D eigenvalue weighted by molar-refractivity contribution is -0.685. The van der Waals surface area contributed by atoms with Gasteiger partial charge in [0.1, 0.15) is 16.4 Å². The van der Waals surface area contributed by atoms with Gasteiger partial charge in [0.2, 0.25) is 6.54 Å². The zero-order valence-corrected chi connectivity index (χ0v) is 14.2. The number of methoxy groups -OCH3 is 1. The number of hydrogen-bond donors (Lipinski definition) is 1. The highest BCUT2D eigenvalue weighted by molar-refractivity contribution is 7.17. The summed E-state index contributed by atoms with van der Waals surface area (Å²) >= 11 is 0.985. The number of ether oxygens (including phenoxy) is 1. The van der Waals surface area contributed by atoms with Crippen molar-refractivity contribution < 1.29 is 32.1 Å². The second kappa shape index (κ2) is 7.60. The number of alkyl halides is 3. The molecule has 2 aromatic heterocycles. The topological polar surface area (TPSA) is 72.2 Å². The van der Waals surface area contributed by atoms with E-state index in [1.54, 1.807) is 36.0 Å². The smallest absolute Gasteiger partial charge is 0.405 e. The number of aryl methyl sites for hydroxylation is 1. The molecule has 0 unspecified atom stereocenters. The van der Waals surface area contributed by atoms with E-state index >= 15 is 0 Å². The molecular formula is C15H15F3N3O3S+. The van der Waals surface area contributed by atoms with Gasteiger partial charge in [0.15, 0.2) is 12.4 Å². The number of nitrogens with one attached hydrogen (secondary N) is 1. The maximum atomic E-state index is 12.2. The Hall–Kier alpha value is -2.49. The van der Waals surface area contributed by atoms with E-state index in [1.165, 1.54) is 7.11 Å². The Bertz CT molecular complexity index is 790. The van der Waals surface area contributed by atoms with Crippen LogP contribution in [0.4, 0.5) is 13.2 Å². The number of carbonyl (C=O) groups excluding carboxylic acids is 2. The Morgan fingerprint density at radius 3 is 2.76 bits per heavy atom. The van der Waals surface area contributed by atoms with Crippen molar-refractivity contribution in [1.82, 2.24) is 10.3 Å². The number of thiazole rings is 1. The fourth-order valence-electron chi connectivity index (χ4n) is 1.95. The van der Waals surface area contributed by atoms with Gasteiger partial charge in [0.05, 0.1) is 18.4 Å². The molecule has 0 bridgehead atoms. The molecule has 0 aliphatic rings. The molecule has 0 aliphatic heterocycles. The van der Waals surface area contributed by atoms with Crippen molar-refractivity contribution in [2.24, 2.45) is 0 Å². The van der Waals surface area contributed by atoms with Gasteiger partial charge in [-0.2, -0.15) is 17.7 Å². The third kappa shape index (κ3) is 5.24. The molecule has 6 nitrogen and oxygen atoms in total. The van der Waals surface area contributed by atoms with Crippen molar-refractivity contribution in [3.05, 3.63) is 35.1 Å². The molecule has 0 radical (unpaired) electrons. The van der Waals surface area contributed by atoms with Crippen LogP contribution in [0.15, 0.2) is 24.5 Å². The van der Waals surface area contributed by atoms with Crippen LogP contribution in [0.3, 0.4) is 0 Å². The largest absolute Gasteiger partial charge is 0.464 e. The zero-order valence-electron chi connectivity index (χ0n) is 13.4. The summed E-state index contributed by atoms with van der Waals surface area (Å²) in [5.41, 5.74) is 0.970. The van der Waals surface area contributed by atoms with Gasteiger partial charge in [-0.3, -0.25) is 4.79 Å². The minimum atomic E-state index is -4.48. The molecule has 2 aromatic rings. The number of hydrogen-bond acceptors (Lipinski definition) is 5. The first-order chi connectivity index (χ1) is 11.7. The van der Waals surface area contributed by atoms with Gasteiger partial charge in [-0.1, -0.05) is 0 Å². The lowest BCUT2D eigenvalue weighted by Crippen LogP contribution is -2.37. The molecular weight excluding hydrogens is 359 g/mol. The van der Waals surface area contributed by atoms with E-state index in [-0.39, 0.29) is 11.4 Å². The van der Waals surface area contributed by atoms with Gasteiger partial charge in [0, 0.05) is 6.07 Å². The first-order valence-electron chi connectivity index (χ1n) is 7.08. The predicted molar refractivity (Wildman–Crippen MR) is 82.9 cm³/mol. The minimum Gasteiger partial charge on any atom is -0.464 e. The summed E-state index contributed by atoms with van der Waals surface area (Å²) in [5.74, 6) is -1.25. The standard InChI is InChI=1S/C15H14F3N3O3S/c1-9-12(13(23)19-8-15(16,17)18)25-14(20-9)10-4-3-5-21(6-10)7-11(22)24-2/h3-6H,7-8H2,1-2H3/p+1. The summed E-state index contributed by atoms with van der Waals surface area (Å²) in [6.45, 7) is 0.157. The summed E-state index contributed by atoms with van der Waals surface area (Å²) in [6, 6.07) is 3.42. The van der Waals surface area contributed by atoms with Crippen molar-refractivity contribution in [3.8, 4) is 10.6 Å². The van der Waals surface area contributed by atoms with Crippen molar-refractivity contribution in [3.63, 3.8) is 0 Å². The third-order valence-corrected chi connectivity index (χ3v) is 4.30. The van der Waals surface area contributed by atoms with Crippen LogP contribution in [0.25, 0.3) is 10.6 Å². The maximum Gasteiger partial charge on any atom is 0.405 e. The second-order valence-corrected chi connectivity index (χ2v) is 6.07. The van der Waals surface area contributed by atoms with E-state index in [1.807, 2.05) is 5.32 Å². The van der Waals surface area contributed by atoms with Crippen LogP contribution >= 0.6 is 11.3 Å². The van der Waals surface area contributed by atoms with Crippen LogP contribution in [-0.4, -0.2) is 36.7 Å². The molecule has 134 valence electrons. The SMILES string of the molecule is COC(=O)C[n+]1cccc(-c2nc(C)c(C(=O)NCC(F)(F)F)s2)c1. The Morgan fingerprint density at radius 1 is 1.40 bits per heavy atom. The number of rotatable bonds is 5. The number of pyridine rings is 1. The Morgan fingerprint density at radius 2 is 2.12 bits per heavy atom. The van der Waals surface area contributed by atoms with E-state index in [9.17, 15) is 22.8 Å². The Kier molecular flexibility index (Phi) is 5.73. The number of halogens is 3. The monoisotopic (exact) mass is 374 g/mol. The molecule has 0 aromatic carbocycles. The number of esters is 1. The van der Waals surface area contributed by atoms with Gasteiger partial charge < -0.3 is 10.1 Å². The average Bonchev–Trinajstić information content (AvgIpc) is 2.94. The van der Waals surface area contributed by atoms with Crippen LogP contribution in [-0.2, 0) is 16.1 Å². The lowest BCUT2D eigenvalue weighted by atomic mass is 10.3. The van der Waals surface area contributed by atoms with E-state index < -0.39 is 24.6 Å². The maximum absolute atomic E-state index is 12.2. The average molecular weight is 374 g/mol. The molecule has 2 heterocycles. The highest BCUT2D eigenvalue weighted by Crippen LogP contribution is 2.27. The van der Waals surface area contributed by atoms with Crippen LogP contribution < -0.4 is 9.88 Å². The van der Waals surface area contributed by atoms with E-state index in [4.69, 9.17) is 0 Å². The van der Waals surface area contributed by atoms with Gasteiger partial charge >= 0.3 is 12.1 Å². The van der Waals surface area contributed by atoms with E-state index in [2.05, 4.69) is 9.72 Å². The van der Waals surface area contributed by atoms with Crippen LogP contribution in [0, 0.1) is 6.92 Å². The number of nitrogens with zero attached hydrogens (tertiary/aromatic N) is 2. The molecule has 0 aliphatic carbocycles. The third-order valence-electron chi connectivity index (χ3n) is 3.10. The molecule has 10 heteroatoms. The number of carbonyl (C=O) groups is 2. The summed E-state index contributed by atoms with van der Waals surface area (Å²) < 4.78 is 42.8. The van der Waals surface area contributed by atoms with Crippen molar-refractivity contribution in [1.29, 1.82) is 0 Å². The van der Waals surface area contributed by atoms with E-state index in [0.29, 0.717) is 16.3 Å². The summed E-state index contributed by atoms with van der Waals surface area (Å²) in [6.07, 6.45) is -1.17. The first kappa shape index (κ1) is 18.8. The quantitative estimate of drug-likeness (QED) is 0.641. The normalized spacial score (nSPS) is 11.2. The van der Waals surface area contributed by atoms with Crippen LogP contribution in [0.1, 0.15) is 15.4 Å². The molecule has 0 fully saturated rings. The molecule has 0 saturated carbocycles. The summed E-state index contributed by atoms with van der Waals surface area (Å²) in [4.78, 5) is 27.6. The fourth-order valence-corrected chi connectivity index (χ4v) is 2.92. The van der Waals surface area contributed by atoms with Gasteiger partial charge in [-0.15, -0.1) is 11.3 Å². The van der Waals surface area contributed by atoms with E-state index in [0.717, 1.165) is 11.3 Å². The highest BCUT2D eigenvalue weighted by atomic mass is 32.1. The highest BCUT2D eigenvalue weighted by Gasteiger charge is 2.29. The zero-order chi connectivity index (χ0) is 18.6. The Labute approximate surface area is 145 Å². The molecule has 1 N–H and O–H groups in total. The van der Waals surface area contributed by atoms with Gasteiger partial charge in [-0.25, -0.2) is 9.78 Å². The fraction of sp³-hybridized carbons (Fsp3) is 0.333. The van der Waals surface area contributed by atoms with Crippen LogP contribution in [0.2, 0.25) is 0 Å². The van der Waals surface area contributed by atoms with Crippen molar-refractivity contribution in [2.75, 3.05) is 13.7 Å². The molecule has 1 amide bonds. The summed E-state index contributed by atoms with van der Waals surface area (Å²) in [5, 5.41) is 2.30. The molecule has 25 heavy (non-hydrogen) atoms. The number of amides is 1. The second-order valence-electron chi connectivity index (χ2n) is 5.07. The molecule has 0 spiro atoms. The first-order valence-corrected chi connectivity index (χ1v) is 7.90. The van der Waals surface area contributed by atoms with Crippen molar-refractivity contribution in [2.45, 2.75) is 19.6 Å². The number of aromatic nitrogens is 2. The molecule has 0 atom stereocenters. The predicted octanol–water partition coefficient (Wildman–Crippen LogP) is 1.87. The lowest BCUT2D eigenvalue weighted by Gasteiger charge is -2.07.